The van der Waals surface area contributed by atoms with Gasteiger partial charge in [0, 0.05) is 42.8 Å². The Morgan fingerprint density at radius 3 is 3.10 bits per heavy atom. The number of rotatable bonds is 7. The van der Waals surface area contributed by atoms with Crippen molar-refractivity contribution in [1.82, 2.24) is 10.6 Å². The number of nitrogens with one attached hydrogen (secondary N) is 2. The van der Waals surface area contributed by atoms with Crippen LogP contribution >= 0.6 is 28.1 Å². The predicted octanol–water partition coefficient (Wildman–Crippen LogP) is 2.77. The highest BCUT2D eigenvalue weighted by Crippen LogP contribution is 2.32. The molecule has 4 nitrogen and oxygen atoms in total. The minimum atomic E-state index is 0.665. The van der Waals surface area contributed by atoms with Crippen LogP contribution in [0.4, 0.5) is 0 Å². The van der Waals surface area contributed by atoms with Gasteiger partial charge in [-0.3, -0.25) is 0 Å². The van der Waals surface area contributed by atoms with Crippen LogP contribution in [-0.4, -0.2) is 31.5 Å². The maximum absolute atomic E-state index is 5.70. The summed E-state index contributed by atoms with van der Waals surface area (Å²) in [5.74, 6) is 1.00. The van der Waals surface area contributed by atoms with Gasteiger partial charge >= 0.3 is 0 Å². The van der Waals surface area contributed by atoms with Crippen molar-refractivity contribution in [3.05, 3.63) is 27.7 Å². The number of fused-ring (bicyclic) bond motifs is 1. The molecule has 0 aliphatic carbocycles. The van der Waals surface area contributed by atoms with Crippen LogP contribution in [0, 0.1) is 0 Å². The Labute approximate surface area is 139 Å². The van der Waals surface area contributed by atoms with E-state index in [9.17, 15) is 0 Å². The Hall–Kier alpha value is -0.850. The van der Waals surface area contributed by atoms with Gasteiger partial charge in [0.05, 0.1) is 6.61 Å². The smallest absolute Gasteiger partial charge is 0.166 e. The van der Waals surface area contributed by atoms with Crippen molar-refractivity contribution in [2.45, 2.75) is 26.3 Å². The molecule has 1 aromatic rings. The van der Waals surface area contributed by atoms with Gasteiger partial charge in [-0.1, -0.05) is 15.9 Å². The second kappa shape index (κ2) is 8.56. The summed E-state index contributed by atoms with van der Waals surface area (Å²) < 4.78 is 12.1. The van der Waals surface area contributed by atoms with Crippen molar-refractivity contribution in [2.24, 2.45) is 0 Å². The van der Waals surface area contributed by atoms with E-state index in [0.717, 1.165) is 55.0 Å². The zero-order valence-electron chi connectivity index (χ0n) is 12.2. The minimum absolute atomic E-state index is 0.665. The lowest BCUT2D eigenvalue weighted by molar-refractivity contribution is 0.145. The van der Waals surface area contributed by atoms with E-state index in [1.807, 2.05) is 6.92 Å². The fraction of sp³-hybridized carbons (Fsp3) is 0.533. The van der Waals surface area contributed by atoms with Crippen molar-refractivity contribution in [1.29, 1.82) is 0 Å². The monoisotopic (exact) mass is 372 g/mol. The summed E-state index contributed by atoms with van der Waals surface area (Å²) in [7, 11) is 0. The van der Waals surface area contributed by atoms with Gasteiger partial charge < -0.3 is 20.1 Å². The van der Waals surface area contributed by atoms with Crippen LogP contribution in [0.1, 0.15) is 24.5 Å². The lowest BCUT2D eigenvalue weighted by Crippen LogP contribution is -2.35. The topological polar surface area (TPSA) is 42.5 Å². The van der Waals surface area contributed by atoms with Gasteiger partial charge in [0.1, 0.15) is 5.75 Å². The van der Waals surface area contributed by atoms with Crippen LogP contribution in [0.5, 0.6) is 5.75 Å². The van der Waals surface area contributed by atoms with Crippen molar-refractivity contribution in [3.63, 3.8) is 0 Å². The quantitative estimate of drug-likeness (QED) is 0.568. The van der Waals surface area contributed by atoms with Gasteiger partial charge in [0.15, 0.2) is 5.11 Å². The Morgan fingerprint density at radius 2 is 2.29 bits per heavy atom. The molecule has 1 aliphatic rings. The number of halogens is 1. The Kier molecular flexibility index (Phi) is 6.73. The SMILES string of the molecule is CCOCCCNC(=S)NCc1cc(Br)cc2c1OCC2. The maximum Gasteiger partial charge on any atom is 0.166 e. The number of thiocarbonyl (C=S) groups is 1. The molecule has 0 aromatic heterocycles. The highest BCUT2D eigenvalue weighted by molar-refractivity contribution is 9.10. The molecular weight excluding hydrogens is 352 g/mol. The van der Waals surface area contributed by atoms with E-state index < -0.39 is 0 Å². The molecule has 0 fully saturated rings. The van der Waals surface area contributed by atoms with Crippen LogP contribution in [0.3, 0.4) is 0 Å². The molecule has 0 amide bonds. The molecule has 0 atom stereocenters. The largest absolute Gasteiger partial charge is 0.493 e. The van der Waals surface area contributed by atoms with Gasteiger partial charge in [0.2, 0.25) is 0 Å². The van der Waals surface area contributed by atoms with E-state index in [2.05, 4.69) is 38.7 Å². The van der Waals surface area contributed by atoms with Crippen molar-refractivity contribution in [3.8, 4) is 5.75 Å². The minimum Gasteiger partial charge on any atom is -0.493 e. The van der Waals surface area contributed by atoms with Crippen molar-refractivity contribution in [2.75, 3.05) is 26.4 Å². The normalized spacial score (nSPS) is 12.7. The summed E-state index contributed by atoms with van der Waals surface area (Å²) in [6.45, 7) is 5.77. The van der Waals surface area contributed by atoms with E-state index in [-0.39, 0.29) is 0 Å². The molecule has 0 bridgehead atoms. The maximum atomic E-state index is 5.70. The average molecular weight is 373 g/mol. The third-order valence-electron chi connectivity index (χ3n) is 3.22. The highest BCUT2D eigenvalue weighted by atomic mass is 79.9. The molecule has 6 heteroatoms. The third-order valence-corrected chi connectivity index (χ3v) is 3.97. The molecule has 0 saturated heterocycles. The van der Waals surface area contributed by atoms with Crippen LogP contribution in [-0.2, 0) is 17.7 Å². The van der Waals surface area contributed by atoms with Crippen LogP contribution in [0.15, 0.2) is 16.6 Å². The Balaban J connectivity index is 1.77. The molecule has 2 N–H and O–H groups in total. The fourth-order valence-electron chi connectivity index (χ4n) is 2.24. The molecular formula is C15H21BrN2O2S. The summed E-state index contributed by atoms with van der Waals surface area (Å²) in [5, 5.41) is 7.07. The van der Waals surface area contributed by atoms with E-state index in [1.54, 1.807) is 0 Å². The first-order chi connectivity index (χ1) is 10.2. The van der Waals surface area contributed by atoms with Crippen molar-refractivity contribution < 1.29 is 9.47 Å². The number of ether oxygens (including phenoxy) is 2. The first kappa shape index (κ1) is 16.5. The molecule has 1 aromatic carbocycles. The van der Waals surface area contributed by atoms with Crippen LogP contribution < -0.4 is 15.4 Å². The van der Waals surface area contributed by atoms with E-state index in [4.69, 9.17) is 21.7 Å². The second-order valence-corrected chi connectivity index (χ2v) is 6.14. The molecule has 1 aliphatic heterocycles. The molecule has 21 heavy (non-hydrogen) atoms. The predicted molar refractivity (Wildman–Crippen MR) is 91.9 cm³/mol. The number of hydrogen-bond acceptors (Lipinski definition) is 3. The standard InChI is InChI=1S/C15H21BrN2O2S/c1-2-19-6-3-5-17-15(21)18-10-12-9-13(16)8-11-4-7-20-14(11)12/h8-9H,2-7,10H2,1H3,(H2,17,18,21). The Morgan fingerprint density at radius 1 is 1.43 bits per heavy atom. The zero-order chi connectivity index (χ0) is 15.1. The van der Waals surface area contributed by atoms with Gasteiger partial charge in [0.25, 0.3) is 0 Å². The lowest BCUT2D eigenvalue weighted by atomic mass is 10.1. The van der Waals surface area contributed by atoms with Gasteiger partial charge in [-0.05, 0) is 43.3 Å². The van der Waals surface area contributed by atoms with E-state index in [0.29, 0.717) is 11.7 Å². The van der Waals surface area contributed by atoms with E-state index in [1.165, 1.54) is 5.56 Å². The highest BCUT2D eigenvalue weighted by Gasteiger charge is 2.17. The Bertz CT molecular complexity index is 497. The molecule has 0 radical (unpaired) electrons. The second-order valence-electron chi connectivity index (χ2n) is 4.81. The summed E-state index contributed by atoms with van der Waals surface area (Å²) in [5.41, 5.74) is 2.40. The molecule has 0 unspecified atom stereocenters. The number of hydrogen-bond donors (Lipinski definition) is 2. The number of benzene rings is 1. The van der Waals surface area contributed by atoms with E-state index >= 15 is 0 Å². The van der Waals surface area contributed by atoms with Crippen LogP contribution in [0.2, 0.25) is 0 Å². The summed E-state index contributed by atoms with van der Waals surface area (Å²) >= 11 is 8.82. The summed E-state index contributed by atoms with van der Waals surface area (Å²) in [6.07, 6.45) is 1.92. The zero-order valence-corrected chi connectivity index (χ0v) is 14.6. The lowest BCUT2D eigenvalue weighted by Gasteiger charge is -2.13. The average Bonchev–Trinajstić information content (AvgIpc) is 2.92. The first-order valence-corrected chi connectivity index (χ1v) is 8.44. The van der Waals surface area contributed by atoms with Crippen molar-refractivity contribution >= 4 is 33.3 Å². The summed E-state index contributed by atoms with van der Waals surface area (Å²) in [4.78, 5) is 0. The molecule has 1 heterocycles. The first-order valence-electron chi connectivity index (χ1n) is 7.24. The van der Waals surface area contributed by atoms with Crippen LogP contribution in [0.25, 0.3) is 0 Å². The summed E-state index contributed by atoms with van der Waals surface area (Å²) in [6, 6.07) is 4.20. The molecule has 2 rings (SSSR count). The molecule has 0 spiro atoms. The fourth-order valence-corrected chi connectivity index (χ4v) is 2.96. The van der Waals surface area contributed by atoms with Gasteiger partial charge in [-0.2, -0.15) is 0 Å². The van der Waals surface area contributed by atoms with Gasteiger partial charge in [-0.15, -0.1) is 0 Å². The van der Waals surface area contributed by atoms with Gasteiger partial charge in [-0.25, -0.2) is 0 Å². The molecule has 116 valence electrons. The third kappa shape index (κ3) is 5.13. The molecule has 0 saturated carbocycles.